The van der Waals surface area contributed by atoms with E-state index in [-0.39, 0.29) is 17.0 Å². The molecule has 1 saturated heterocycles. The molecule has 2 N–H and O–H groups in total. The number of hydrogen-bond acceptors (Lipinski definition) is 4. The van der Waals surface area contributed by atoms with E-state index >= 15 is 0 Å². The Morgan fingerprint density at radius 2 is 1.65 bits per heavy atom. The van der Waals surface area contributed by atoms with Crippen LogP contribution in [0.15, 0.2) is 72.8 Å². The van der Waals surface area contributed by atoms with Crippen molar-refractivity contribution in [2.24, 2.45) is 0 Å². The van der Waals surface area contributed by atoms with Crippen molar-refractivity contribution in [3.05, 3.63) is 99.5 Å². The van der Waals surface area contributed by atoms with E-state index in [1.807, 2.05) is 0 Å². The molecule has 0 bridgehead atoms. The molecule has 3 aromatic rings. The van der Waals surface area contributed by atoms with E-state index < -0.39 is 29.9 Å². The number of halogens is 2. The fourth-order valence-electron chi connectivity index (χ4n) is 3.78. The third-order valence-electron chi connectivity index (χ3n) is 5.53. The van der Waals surface area contributed by atoms with Crippen molar-refractivity contribution in [2.45, 2.75) is 12.5 Å². The summed E-state index contributed by atoms with van der Waals surface area (Å²) in [5.41, 5.74) is -0.171. The number of ketones is 1. The summed E-state index contributed by atoms with van der Waals surface area (Å²) in [6.07, 6.45) is 0. The van der Waals surface area contributed by atoms with Gasteiger partial charge in [0.05, 0.1) is 5.69 Å². The van der Waals surface area contributed by atoms with Crippen molar-refractivity contribution in [1.29, 1.82) is 0 Å². The van der Waals surface area contributed by atoms with Crippen LogP contribution in [0.3, 0.4) is 0 Å². The lowest BCUT2D eigenvalue weighted by atomic mass is 9.92. The maximum atomic E-state index is 13.1. The maximum absolute atomic E-state index is 13.1. The highest BCUT2D eigenvalue weighted by Gasteiger charge is 2.50. The Morgan fingerprint density at radius 3 is 2.35 bits per heavy atom. The fraction of sp³-hybridized carbons (Fsp3) is 0.120. The quantitative estimate of drug-likeness (QED) is 0.384. The van der Waals surface area contributed by atoms with Gasteiger partial charge in [-0.25, -0.2) is 4.79 Å². The summed E-state index contributed by atoms with van der Waals surface area (Å²) in [5, 5.41) is 5.87. The molecule has 1 fully saturated rings. The third kappa shape index (κ3) is 4.40. The summed E-state index contributed by atoms with van der Waals surface area (Å²) < 4.78 is 0. The van der Waals surface area contributed by atoms with Crippen LogP contribution in [0.1, 0.15) is 28.4 Å². The normalized spacial score (nSPS) is 17.4. The van der Waals surface area contributed by atoms with Crippen LogP contribution in [0.2, 0.25) is 10.0 Å². The lowest BCUT2D eigenvalue weighted by Crippen LogP contribution is -2.42. The Bertz CT molecular complexity index is 1310. The molecule has 34 heavy (non-hydrogen) atoms. The summed E-state index contributed by atoms with van der Waals surface area (Å²) >= 11 is 12.3. The molecule has 7 nitrogen and oxygen atoms in total. The van der Waals surface area contributed by atoms with E-state index in [9.17, 15) is 19.2 Å². The molecular formula is C25H19Cl2N3O4. The van der Waals surface area contributed by atoms with Crippen LogP contribution in [0.25, 0.3) is 0 Å². The zero-order valence-electron chi connectivity index (χ0n) is 18.0. The van der Waals surface area contributed by atoms with Crippen molar-refractivity contribution >= 4 is 52.5 Å². The molecular weight excluding hydrogens is 477 g/mol. The van der Waals surface area contributed by atoms with Crippen LogP contribution >= 0.6 is 23.2 Å². The van der Waals surface area contributed by atoms with Gasteiger partial charge in [-0.3, -0.25) is 19.3 Å². The van der Waals surface area contributed by atoms with Crippen molar-refractivity contribution in [1.82, 2.24) is 10.2 Å². The lowest BCUT2D eigenvalue weighted by Gasteiger charge is -2.23. The van der Waals surface area contributed by atoms with Crippen molar-refractivity contribution in [3.63, 3.8) is 0 Å². The van der Waals surface area contributed by atoms with E-state index in [1.165, 1.54) is 25.1 Å². The van der Waals surface area contributed by atoms with Gasteiger partial charge < -0.3 is 10.6 Å². The minimum atomic E-state index is -1.41. The van der Waals surface area contributed by atoms with Crippen LogP contribution in [0.5, 0.6) is 0 Å². The second-order valence-electron chi connectivity index (χ2n) is 7.86. The maximum Gasteiger partial charge on any atom is 0.325 e. The average Bonchev–Trinajstić information content (AvgIpc) is 3.04. The number of rotatable bonds is 6. The van der Waals surface area contributed by atoms with Gasteiger partial charge in [-0.15, -0.1) is 0 Å². The number of anilines is 1. The van der Waals surface area contributed by atoms with Gasteiger partial charge in [-0.2, -0.15) is 0 Å². The molecule has 3 aromatic carbocycles. The molecule has 4 amide bonds. The first-order valence-corrected chi connectivity index (χ1v) is 11.0. The van der Waals surface area contributed by atoms with Gasteiger partial charge in [0.1, 0.15) is 12.1 Å². The third-order valence-corrected chi connectivity index (χ3v) is 6.09. The number of carbonyl (C=O) groups excluding carboxylic acids is 4. The van der Waals surface area contributed by atoms with Crippen LogP contribution in [0.4, 0.5) is 10.5 Å². The first kappa shape index (κ1) is 23.5. The second-order valence-corrected chi connectivity index (χ2v) is 8.70. The minimum Gasteiger partial charge on any atom is -0.324 e. The highest BCUT2D eigenvalue weighted by atomic mass is 35.5. The number of amides is 4. The molecule has 1 aliphatic heterocycles. The number of benzene rings is 3. The van der Waals surface area contributed by atoms with Gasteiger partial charge >= 0.3 is 6.03 Å². The van der Waals surface area contributed by atoms with Gasteiger partial charge in [0.2, 0.25) is 5.91 Å². The first-order valence-electron chi connectivity index (χ1n) is 10.3. The Kier molecular flexibility index (Phi) is 6.41. The van der Waals surface area contributed by atoms with E-state index in [4.69, 9.17) is 23.2 Å². The van der Waals surface area contributed by atoms with Crippen LogP contribution in [-0.4, -0.2) is 35.1 Å². The van der Waals surface area contributed by atoms with Gasteiger partial charge in [0.25, 0.3) is 5.91 Å². The SMILES string of the molecule is C[C@@]1(c2ccccc2Cl)NC(=O)N(CC(=O)Nc2ccc(Cl)cc2C(=O)c2ccccc2)C1=O. The van der Waals surface area contributed by atoms with E-state index in [0.29, 0.717) is 21.2 Å². The number of nitrogens with one attached hydrogen (secondary N) is 2. The van der Waals surface area contributed by atoms with Crippen LogP contribution in [0, 0.1) is 0 Å². The minimum absolute atomic E-state index is 0.185. The molecule has 0 radical (unpaired) electrons. The molecule has 4 rings (SSSR count). The highest BCUT2D eigenvalue weighted by molar-refractivity contribution is 6.32. The summed E-state index contributed by atoms with van der Waals surface area (Å²) in [6, 6.07) is 19.0. The van der Waals surface area contributed by atoms with E-state index in [2.05, 4.69) is 10.6 Å². The topological polar surface area (TPSA) is 95.6 Å². The first-order chi connectivity index (χ1) is 16.2. The molecule has 172 valence electrons. The Balaban J connectivity index is 1.55. The second kappa shape index (κ2) is 9.29. The molecule has 1 atom stereocenters. The lowest BCUT2D eigenvalue weighted by molar-refractivity contribution is -0.133. The summed E-state index contributed by atoms with van der Waals surface area (Å²) in [4.78, 5) is 52.3. The summed E-state index contributed by atoms with van der Waals surface area (Å²) in [6.45, 7) is 0.981. The standard InChI is InChI=1S/C25H19Cl2N3O4/c1-25(18-9-5-6-10-19(18)27)23(33)30(24(34)29-25)14-21(31)28-20-12-11-16(26)13-17(20)22(32)15-7-3-2-4-8-15/h2-13H,14H2,1H3,(H,28,31)(H,29,34)/t25-/m0/s1. The zero-order valence-corrected chi connectivity index (χ0v) is 19.5. The predicted molar refractivity (Wildman–Crippen MR) is 129 cm³/mol. The molecule has 1 aliphatic rings. The molecule has 9 heteroatoms. The Hall–Kier alpha value is -3.68. The summed E-state index contributed by atoms with van der Waals surface area (Å²) in [7, 11) is 0. The molecule has 0 aromatic heterocycles. The monoisotopic (exact) mass is 495 g/mol. The average molecular weight is 496 g/mol. The zero-order chi connectivity index (χ0) is 24.5. The molecule has 0 saturated carbocycles. The number of nitrogens with zero attached hydrogens (tertiary/aromatic N) is 1. The molecule has 1 heterocycles. The smallest absolute Gasteiger partial charge is 0.324 e. The largest absolute Gasteiger partial charge is 0.325 e. The number of carbonyl (C=O) groups is 4. The highest BCUT2D eigenvalue weighted by Crippen LogP contribution is 2.33. The Labute approximate surface area is 205 Å². The molecule has 0 unspecified atom stereocenters. The van der Waals surface area contributed by atoms with E-state index in [0.717, 1.165) is 4.90 Å². The number of urea groups is 1. The van der Waals surface area contributed by atoms with Crippen molar-refractivity contribution < 1.29 is 19.2 Å². The van der Waals surface area contributed by atoms with Crippen molar-refractivity contribution in [3.8, 4) is 0 Å². The van der Waals surface area contributed by atoms with Gasteiger partial charge in [-0.1, -0.05) is 71.7 Å². The van der Waals surface area contributed by atoms with Crippen LogP contribution < -0.4 is 10.6 Å². The predicted octanol–water partition coefficient (Wildman–Crippen LogP) is 4.63. The summed E-state index contributed by atoms with van der Waals surface area (Å²) in [5.74, 6) is -1.60. The van der Waals surface area contributed by atoms with Gasteiger partial charge in [0.15, 0.2) is 5.78 Å². The fourth-order valence-corrected chi connectivity index (χ4v) is 4.28. The van der Waals surface area contributed by atoms with Crippen molar-refractivity contribution in [2.75, 3.05) is 11.9 Å². The molecule has 0 aliphatic carbocycles. The van der Waals surface area contributed by atoms with Crippen LogP contribution in [-0.2, 0) is 15.1 Å². The Morgan fingerprint density at radius 1 is 0.971 bits per heavy atom. The van der Waals surface area contributed by atoms with Gasteiger partial charge in [0, 0.05) is 26.7 Å². The molecule has 0 spiro atoms. The number of imide groups is 1. The van der Waals surface area contributed by atoms with Gasteiger partial charge in [-0.05, 0) is 31.2 Å². The number of hydrogen-bond donors (Lipinski definition) is 2. The van der Waals surface area contributed by atoms with E-state index in [1.54, 1.807) is 54.6 Å².